The third kappa shape index (κ3) is 3.26. The number of hydrogen-bond acceptors (Lipinski definition) is 5. The van der Waals surface area contributed by atoms with Crippen LogP contribution in [0.25, 0.3) is 0 Å². The van der Waals surface area contributed by atoms with Crippen molar-refractivity contribution in [3.05, 3.63) is 66.2 Å². The topological polar surface area (TPSA) is 95.6 Å². The number of H-pyrrole nitrogens is 1. The number of rotatable bonds is 5. The second-order valence-electron chi connectivity index (χ2n) is 4.58. The largest absolute Gasteiger partial charge is 0.370 e. The summed E-state index contributed by atoms with van der Waals surface area (Å²) in [6.45, 7) is 0. The predicted molar refractivity (Wildman–Crippen MR) is 82.1 cm³/mol. The molecule has 0 aliphatic rings. The smallest absolute Gasteiger partial charge is 0.269 e. The molecule has 0 bridgehead atoms. The molecule has 1 amide bonds. The van der Waals surface area contributed by atoms with Gasteiger partial charge in [-0.1, -0.05) is 53.6 Å². The summed E-state index contributed by atoms with van der Waals surface area (Å²) in [7, 11) is 0. The number of aromatic nitrogens is 4. The van der Waals surface area contributed by atoms with Crippen molar-refractivity contribution in [3.63, 3.8) is 0 Å². The molecule has 3 N–H and O–H groups in total. The van der Waals surface area contributed by atoms with Gasteiger partial charge in [-0.05, 0) is 22.9 Å². The van der Waals surface area contributed by atoms with Crippen molar-refractivity contribution in [1.29, 1.82) is 0 Å². The van der Waals surface area contributed by atoms with Crippen LogP contribution in [-0.4, -0.2) is 26.5 Å². The van der Waals surface area contributed by atoms with Crippen LogP contribution in [0.2, 0.25) is 0 Å². The second-order valence-corrected chi connectivity index (χ2v) is 4.58. The van der Waals surface area contributed by atoms with Gasteiger partial charge in [0.05, 0.1) is 0 Å². The molecule has 1 aromatic heterocycles. The van der Waals surface area contributed by atoms with E-state index in [0.29, 0.717) is 0 Å². The van der Waals surface area contributed by atoms with E-state index in [1.807, 2.05) is 60.7 Å². The molecule has 0 aliphatic heterocycles. The molecule has 22 heavy (non-hydrogen) atoms. The SMILES string of the molecule is O=C(Nc1nn[nH]n1)C(Nc1ccccc1)c1ccccc1. The van der Waals surface area contributed by atoms with Crippen molar-refractivity contribution >= 4 is 17.5 Å². The summed E-state index contributed by atoms with van der Waals surface area (Å²) in [6, 6.07) is 18.4. The van der Waals surface area contributed by atoms with Gasteiger partial charge in [0.2, 0.25) is 0 Å². The van der Waals surface area contributed by atoms with Crippen LogP contribution in [0.1, 0.15) is 11.6 Å². The lowest BCUT2D eigenvalue weighted by Crippen LogP contribution is -2.27. The van der Waals surface area contributed by atoms with Gasteiger partial charge in [0.15, 0.2) is 0 Å². The Morgan fingerprint density at radius 2 is 1.68 bits per heavy atom. The highest BCUT2D eigenvalue weighted by molar-refractivity contribution is 5.95. The van der Waals surface area contributed by atoms with Gasteiger partial charge in [-0.15, -0.1) is 5.10 Å². The lowest BCUT2D eigenvalue weighted by molar-refractivity contribution is -0.117. The van der Waals surface area contributed by atoms with E-state index in [-0.39, 0.29) is 11.9 Å². The van der Waals surface area contributed by atoms with E-state index >= 15 is 0 Å². The number of amides is 1. The summed E-state index contributed by atoms with van der Waals surface area (Å²) < 4.78 is 0. The fraction of sp³-hybridized carbons (Fsp3) is 0.0667. The number of nitrogens with one attached hydrogen (secondary N) is 3. The van der Waals surface area contributed by atoms with Gasteiger partial charge >= 0.3 is 0 Å². The summed E-state index contributed by atoms with van der Waals surface area (Å²) in [5.74, 6) is -0.128. The first-order valence-corrected chi connectivity index (χ1v) is 6.74. The van der Waals surface area contributed by atoms with Crippen LogP contribution in [0.5, 0.6) is 0 Å². The fourth-order valence-electron chi connectivity index (χ4n) is 2.04. The second kappa shape index (κ2) is 6.49. The van der Waals surface area contributed by atoms with Gasteiger partial charge < -0.3 is 5.32 Å². The first-order valence-electron chi connectivity index (χ1n) is 6.74. The van der Waals surface area contributed by atoms with Crippen LogP contribution < -0.4 is 10.6 Å². The molecular formula is C15H14N6O. The molecule has 0 radical (unpaired) electrons. The Bertz CT molecular complexity index is 714. The standard InChI is InChI=1S/C15H14N6O/c22-14(17-15-18-20-21-19-15)13(11-7-3-1-4-8-11)16-12-9-5-2-6-10-12/h1-10,13,16H,(H2,17,18,19,20,21,22). The molecule has 1 unspecified atom stereocenters. The predicted octanol–water partition coefficient (Wildman–Crippen LogP) is 1.99. The number of anilines is 2. The average molecular weight is 294 g/mol. The van der Waals surface area contributed by atoms with E-state index in [0.717, 1.165) is 11.3 Å². The molecule has 3 rings (SSSR count). The van der Waals surface area contributed by atoms with Crippen LogP contribution in [-0.2, 0) is 4.79 Å². The maximum absolute atomic E-state index is 12.5. The van der Waals surface area contributed by atoms with Crippen molar-refractivity contribution in [2.24, 2.45) is 0 Å². The van der Waals surface area contributed by atoms with Gasteiger partial charge in [-0.3, -0.25) is 10.1 Å². The van der Waals surface area contributed by atoms with Gasteiger partial charge in [-0.2, -0.15) is 5.21 Å². The number of carbonyl (C=O) groups excluding carboxylic acids is 1. The van der Waals surface area contributed by atoms with Crippen molar-refractivity contribution in [2.45, 2.75) is 6.04 Å². The Kier molecular flexibility index (Phi) is 4.05. The first kappa shape index (κ1) is 13.7. The monoisotopic (exact) mass is 294 g/mol. The molecule has 7 heteroatoms. The Labute approximate surface area is 126 Å². The highest BCUT2D eigenvalue weighted by atomic mass is 16.2. The summed E-state index contributed by atoms with van der Waals surface area (Å²) in [4.78, 5) is 12.5. The number of tetrazole rings is 1. The third-order valence-corrected chi connectivity index (χ3v) is 3.06. The van der Waals surface area contributed by atoms with Gasteiger partial charge in [0.25, 0.3) is 11.9 Å². The Hall–Kier alpha value is -3.22. The molecule has 7 nitrogen and oxygen atoms in total. The zero-order valence-corrected chi connectivity index (χ0v) is 11.6. The van der Waals surface area contributed by atoms with Crippen LogP contribution in [0.3, 0.4) is 0 Å². The van der Waals surface area contributed by atoms with Crippen LogP contribution >= 0.6 is 0 Å². The normalized spacial score (nSPS) is 11.6. The van der Waals surface area contributed by atoms with Crippen molar-refractivity contribution in [1.82, 2.24) is 20.6 Å². The molecule has 0 fully saturated rings. The molecule has 3 aromatic rings. The summed E-state index contributed by atoms with van der Waals surface area (Å²) in [6.07, 6.45) is 0. The van der Waals surface area contributed by atoms with Crippen molar-refractivity contribution in [2.75, 3.05) is 10.6 Å². The van der Waals surface area contributed by atoms with Gasteiger partial charge in [-0.25, -0.2) is 0 Å². The fourth-order valence-corrected chi connectivity index (χ4v) is 2.04. The number of nitrogens with zero attached hydrogens (tertiary/aromatic N) is 3. The number of aromatic amines is 1. The Balaban J connectivity index is 1.84. The quantitative estimate of drug-likeness (QED) is 0.669. The van der Waals surface area contributed by atoms with Crippen molar-refractivity contribution in [3.8, 4) is 0 Å². The Morgan fingerprint density at radius 1 is 1.00 bits per heavy atom. The molecule has 0 saturated heterocycles. The third-order valence-electron chi connectivity index (χ3n) is 3.06. The molecule has 0 aliphatic carbocycles. The molecule has 1 atom stereocenters. The molecule has 0 saturated carbocycles. The summed E-state index contributed by atoms with van der Waals surface area (Å²) in [5, 5.41) is 19.0. The average Bonchev–Trinajstić information content (AvgIpc) is 3.07. The van der Waals surface area contributed by atoms with E-state index < -0.39 is 6.04 Å². The Morgan fingerprint density at radius 3 is 2.32 bits per heavy atom. The number of carbonyl (C=O) groups is 1. The minimum atomic E-state index is -0.568. The van der Waals surface area contributed by atoms with E-state index in [1.54, 1.807) is 0 Å². The zero-order chi connectivity index (χ0) is 15.2. The molecule has 0 spiro atoms. The molecule has 1 heterocycles. The highest BCUT2D eigenvalue weighted by Crippen LogP contribution is 2.20. The van der Waals surface area contributed by atoms with Crippen LogP contribution in [0.15, 0.2) is 60.7 Å². The van der Waals surface area contributed by atoms with Gasteiger partial charge in [0, 0.05) is 5.69 Å². The van der Waals surface area contributed by atoms with E-state index in [9.17, 15) is 4.79 Å². The van der Waals surface area contributed by atoms with Crippen molar-refractivity contribution < 1.29 is 4.79 Å². The molecular weight excluding hydrogens is 280 g/mol. The summed E-state index contributed by atoms with van der Waals surface area (Å²) in [5.41, 5.74) is 1.69. The highest BCUT2D eigenvalue weighted by Gasteiger charge is 2.21. The van der Waals surface area contributed by atoms with Crippen LogP contribution in [0.4, 0.5) is 11.6 Å². The maximum Gasteiger partial charge on any atom is 0.269 e. The minimum absolute atomic E-state index is 0.140. The summed E-state index contributed by atoms with van der Waals surface area (Å²) >= 11 is 0. The van der Waals surface area contributed by atoms with Gasteiger partial charge in [0.1, 0.15) is 6.04 Å². The molecule has 110 valence electrons. The number of benzene rings is 2. The van der Waals surface area contributed by atoms with E-state index in [1.165, 1.54) is 0 Å². The lowest BCUT2D eigenvalue weighted by atomic mass is 10.1. The van der Waals surface area contributed by atoms with E-state index in [2.05, 4.69) is 31.3 Å². The number of hydrogen-bond donors (Lipinski definition) is 3. The number of para-hydroxylation sites is 1. The van der Waals surface area contributed by atoms with E-state index in [4.69, 9.17) is 0 Å². The minimum Gasteiger partial charge on any atom is -0.370 e. The van der Waals surface area contributed by atoms with Crippen LogP contribution in [0, 0.1) is 0 Å². The zero-order valence-electron chi connectivity index (χ0n) is 11.6. The lowest BCUT2D eigenvalue weighted by Gasteiger charge is -2.19. The first-order chi connectivity index (χ1) is 10.8. The molecule has 2 aromatic carbocycles. The maximum atomic E-state index is 12.5.